The Morgan fingerprint density at radius 3 is 2.61 bits per heavy atom. The fourth-order valence-electron chi connectivity index (χ4n) is 2.95. The molecule has 0 fully saturated rings. The number of para-hydroxylation sites is 2. The van der Waals surface area contributed by atoms with Gasteiger partial charge in [-0.3, -0.25) is 4.79 Å². The third-order valence-electron chi connectivity index (χ3n) is 4.35. The Kier molecular flexibility index (Phi) is 4.89. The van der Waals surface area contributed by atoms with Gasteiger partial charge in [-0.1, -0.05) is 42.5 Å². The van der Waals surface area contributed by atoms with E-state index in [0.717, 1.165) is 28.0 Å². The predicted octanol–water partition coefficient (Wildman–Crippen LogP) is 4.89. The molecule has 138 valence electrons. The van der Waals surface area contributed by atoms with Crippen LogP contribution in [0, 0.1) is 0 Å². The van der Waals surface area contributed by atoms with E-state index in [4.69, 9.17) is 4.74 Å². The van der Waals surface area contributed by atoms with Crippen LogP contribution in [-0.4, -0.2) is 23.0 Å². The van der Waals surface area contributed by atoms with Crippen molar-refractivity contribution in [1.82, 2.24) is 9.97 Å². The standard InChI is InChI=1S/C23H19N3O2/c1-28-21-13-12-17(23-25-18-9-5-6-10-19(18)26-23)15-20(21)24-22(27)14-11-16-7-3-2-4-8-16/h2-15H,1H3,(H,24,27)(H,25,26)/b14-11+. The van der Waals surface area contributed by atoms with Crippen LogP contribution in [0.4, 0.5) is 5.69 Å². The third-order valence-corrected chi connectivity index (χ3v) is 4.35. The molecule has 1 heterocycles. The van der Waals surface area contributed by atoms with Gasteiger partial charge in [-0.15, -0.1) is 0 Å². The maximum atomic E-state index is 12.4. The number of rotatable bonds is 5. The van der Waals surface area contributed by atoms with E-state index in [1.807, 2.05) is 72.8 Å². The van der Waals surface area contributed by atoms with Crippen LogP contribution in [0.15, 0.2) is 78.9 Å². The van der Waals surface area contributed by atoms with Gasteiger partial charge >= 0.3 is 0 Å². The van der Waals surface area contributed by atoms with Gasteiger partial charge in [0.15, 0.2) is 0 Å². The van der Waals surface area contributed by atoms with E-state index in [9.17, 15) is 4.79 Å². The molecule has 5 heteroatoms. The number of fused-ring (bicyclic) bond motifs is 1. The van der Waals surface area contributed by atoms with Gasteiger partial charge in [0.25, 0.3) is 0 Å². The Hall–Kier alpha value is -3.86. The van der Waals surface area contributed by atoms with Crippen molar-refractivity contribution in [2.75, 3.05) is 12.4 Å². The number of imidazole rings is 1. The first-order valence-corrected chi connectivity index (χ1v) is 8.90. The zero-order valence-corrected chi connectivity index (χ0v) is 15.3. The van der Waals surface area contributed by atoms with Gasteiger partial charge in [0.05, 0.1) is 23.8 Å². The number of methoxy groups -OCH3 is 1. The summed E-state index contributed by atoms with van der Waals surface area (Å²) in [5, 5.41) is 2.88. The molecule has 0 radical (unpaired) electrons. The minimum absolute atomic E-state index is 0.232. The number of hydrogen-bond acceptors (Lipinski definition) is 3. The number of ether oxygens (including phenoxy) is 1. The molecule has 2 N–H and O–H groups in total. The SMILES string of the molecule is COc1ccc(-c2nc3ccccc3[nH]2)cc1NC(=O)/C=C/c1ccccc1. The molecule has 28 heavy (non-hydrogen) atoms. The molecule has 4 rings (SSSR count). The van der Waals surface area contributed by atoms with Gasteiger partial charge in [0.1, 0.15) is 11.6 Å². The number of carbonyl (C=O) groups is 1. The molecule has 4 aromatic rings. The summed E-state index contributed by atoms with van der Waals surface area (Å²) in [7, 11) is 1.58. The summed E-state index contributed by atoms with van der Waals surface area (Å²) in [4.78, 5) is 20.3. The minimum atomic E-state index is -0.232. The number of amides is 1. The van der Waals surface area contributed by atoms with Crippen LogP contribution in [0.25, 0.3) is 28.5 Å². The van der Waals surface area contributed by atoms with Crippen LogP contribution in [0.5, 0.6) is 5.75 Å². The summed E-state index contributed by atoms with van der Waals surface area (Å²) in [5.74, 6) is 1.09. The number of carbonyl (C=O) groups excluding carboxylic acids is 1. The number of H-pyrrole nitrogens is 1. The monoisotopic (exact) mass is 369 g/mol. The van der Waals surface area contributed by atoms with Crippen molar-refractivity contribution < 1.29 is 9.53 Å². The molecule has 0 aliphatic heterocycles. The van der Waals surface area contributed by atoms with Crippen molar-refractivity contribution in [3.05, 3.63) is 84.4 Å². The Bertz CT molecular complexity index is 1110. The summed E-state index contributed by atoms with van der Waals surface area (Å²) in [6.07, 6.45) is 3.27. The maximum absolute atomic E-state index is 12.4. The highest BCUT2D eigenvalue weighted by atomic mass is 16.5. The van der Waals surface area contributed by atoms with Crippen LogP contribution in [-0.2, 0) is 4.79 Å². The quantitative estimate of drug-likeness (QED) is 0.492. The maximum Gasteiger partial charge on any atom is 0.248 e. The van der Waals surface area contributed by atoms with E-state index in [1.54, 1.807) is 13.2 Å². The molecule has 0 atom stereocenters. The summed E-state index contributed by atoms with van der Waals surface area (Å²) in [6, 6.07) is 23.1. The lowest BCUT2D eigenvalue weighted by Gasteiger charge is -2.10. The topological polar surface area (TPSA) is 67.0 Å². The Morgan fingerprint density at radius 1 is 1.04 bits per heavy atom. The van der Waals surface area contributed by atoms with Crippen molar-refractivity contribution >= 4 is 28.7 Å². The Balaban J connectivity index is 1.60. The van der Waals surface area contributed by atoms with E-state index in [2.05, 4.69) is 15.3 Å². The van der Waals surface area contributed by atoms with Gasteiger partial charge in [-0.25, -0.2) is 4.98 Å². The highest BCUT2D eigenvalue weighted by molar-refractivity contribution is 6.03. The molecule has 0 unspecified atom stereocenters. The molecule has 0 spiro atoms. The lowest BCUT2D eigenvalue weighted by atomic mass is 10.1. The van der Waals surface area contributed by atoms with Gasteiger partial charge < -0.3 is 15.0 Å². The molecule has 1 amide bonds. The molecule has 5 nitrogen and oxygen atoms in total. The fraction of sp³-hybridized carbons (Fsp3) is 0.0435. The van der Waals surface area contributed by atoms with E-state index in [1.165, 1.54) is 6.08 Å². The van der Waals surface area contributed by atoms with E-state index >= 15 is 0 Å². The number of anilines is 1. The molecule has 0 aliphatic rings. The second kappa shape index (κ2) is 7.80. The van der Waals surface area contributed by atoms with Crippen LogP contribution < -0.4 is 10.1 Å². The average molecular weight is 369 g/mol. The predicted molar refractivity (Wildman–Crippen MR) is 112 cm³/mol. The molecule has 0 aliphatic carbocycles. The second-order valence-electron chi connectivity index (χ2n) is 6.25. The average Bonchev–Trinajstić information content (AvgIpc) is 3.17. The number of aromatic nitrogens is 2. The Morgan fingerprint density at radius 2 is 1.82 bits per heavy atom. The number of aromatic amines is 1. The highest BCUT2D eigenvalue weighted by Gasteiger charge is 2.11. The van der Waals surface area contributed by atoms with E-state index in [-0.39, 0.29) is 5.91 Å². The number of hydrogen-bond donors (Lipinski definition) is 2. The molecule has 0 saturated heterocycles. The van der Waals surface area contributed by atoms with Crippen LogP contribution >= 0.6 is 0 Å². The molecular formula is C23H19N3O2. The van der Waals surface area contributed by atoms with Crippen LogP contribution in [0.1, 0.15) is 5.56 Å². The zero-order valence-electron chi connectivity index (χ0n) is 15.3. The number of nitrogens with one attached hydrogen (secondary N) is 2. The van der Waals surface area contributed by atoms with Gasteiger partial charge in [0.2, 0.25) is 5.91 Å². The van der Waals surface area contributed by atoms with Gasteiger partial charge in [-0.2, -0.15) is 0 Å². The van der Waals surface area contributed by atoms with Crippen molar-refractivity contribution in [3.63, 3.8) is 0 Å². The van der Waals surface area contributed by atoms with E-state index < -0.39 is 0 Å². The number of benzene rings is 3. The molecule has 1 aromatic heterocycles. The molecule has 0 saturated carbocycles. The summed E-state index contributed by atoms with van der Waals surface area (Å²) in [6.45, 7) is 0. The normalized spacial score (nSPS) is 11.0. The zero-order chi connectivity index (χ0) is 19.3. The molecule has 3 aromatic carbocycles. The van der Waals surface area contributed by atoms with Crippen molar-refractivity contribution in [2.45, 2.75) is 0 Å². The smallest absolute Gasteiger partial charge is 0.248 e. The first-order chi connectivity index (χ1) is 13.7. The third kappa shape index (κ3) is 3.78. The lowest BCUT2D eigenvalue weighted by molar-refractivity contribution is -0.111. The van der Waals surface area contributed by atoms with Crippen molar-refractivity contribution in [2.24, 2.45) is 0 Å². The van der Waals surface area contributed by atoms with Gasteiger partial charge in [0, 0.05) is 11.6 Å². The first-order valence-electron chi connectivity index (χ1n) is 8.90. The number of nitrogens with zero attached hydrogens (tertiary/aromatic N) is 1. The van der Waals surface area contributed by atoms with Crippen molar-refractivity contribution in [1.29, 1.82) is 0 Å². The van der Waals surface area contributed by atoms with Crippen molar-refractivity contribution in [3.8, 4) is 17.1 Å². The minimum Gasteiger partial charge on any atom is -0.495 e. The molecular weight excluding hydrogens is 350 g/mol. The first kappa shape index (κ1) is 17.5. The summed E-state index contributed by atoms with van der Waals surface area (Å²) in [5.41, 5.74) is 4.26. The van der Waals surface area contributed by atoms with E-state index in [0.29, 0.717) is 11.4 Å². The van der Waals surface area contributed by atoms with Crippen LogP contribution in [0.3, 0.4) is 0 Å². The van der Waals surface area contributed by atoms with Crippen LogP contribution in [0.2, 0.25) is 0 Å². The second-order valence-corrected chi connectivity index (χ2v) is 6.25. The van der Waals surface area contributed by atoms with Gasteiger partial charge in [-0.05, 0) is 42.0 Å². The summed E-state index contributed by atoms with van der Waals surface area (Å²) >= 11 is 0. The highest BCUT2D eigenvalue weighted by Crippen LogP contribution is 2.30. The Labute approximate surface area is 162 Å². The summed E-state index contributed by atoms with van der Waals surface area (Å²) < 4.78 is 5.39. The fourth-order valence-corrected chi connectivity index (χ4v) is 2.95. The molecule has 0 bridgehead atoms. The lowest BCUT2D eigenvalue weighted by Crippen LogP contribution is -2.09. The largest absolute Gasteiger partial charge is 0.495 e.